The van der Waals surface area contributed by atoms with Crippen molar-refractivity contribution in [3.05, 3.63) is 58.9 Å². The van der Waals surface area contributed by atoms with Crippen LogP contribution in [0.2, 0.25) is 0 Å². The first kappa shape index (κ1) is 24.4. The quantitative estimate of drug-likeness (QED) is 0.440. The largest absolute Gasteiger partial charge is 0.507 e. The van der Waals surface area contributed by atoms with E-state index in [1.54, 1.807) is 0 Å². The van der Waals surface area contributed by atoms with E-state index in [0.717, 1.165) is 50.0 Å². The van der Waals surface area contributed by atoms with E-state index < -0.39 is 0 Å². The van der Waals surface area contributed by atoms with Crippen LogP contribution >= 0.6 is 0 Å². The van der Waals surface area contributed by atoms with Gasteiger partial charge in [0.25, 0.3) is 0 Å². The number of phenolic OH excluding ortho intramolecular Hbond substituents is 1. The summed E-state index contributed by atoms with van der Waals surface area (Å²) in [6.45, 7) is 14.6. The highest BCUT2D eigenvalue weighted by atomic mass is 16.5. The fourth-order valence-corrected chi connectivity index (χ4v) is 3.72. The van der Waals surface area contributed by atoms with Crippen molar-refractivity contribution >= 4 is 0 Å². The number of aromatic nitrogens is 1. The van der Waals surface area contributed by atoms with Crippen molar-refractivity contribution < 1.29 is 9.84 Å². The van der Waals surface area contributed by atoms with Crippen molar-refractivity contribution in [2.75, 3.05) is 13.2 Å². The maximum atomic E-state index is 10.8. The molecule has 0 aliphatic heterocycles. The Morgan fingerprint density at radius 1 is 0.800 bits per heavy atom. The van der Waals surface area contributed by atoms with E-state index >= 15 is 0 Å². The summed E-state index contributed by atoms with van der Waals surface area (Å²) >= 11 is 0. The normalized spacial score (nSPS) is 12.3. The molecule has 1 aromatic heterocycles. The van der Waals surface area contributed by atoms with Crippen LogP contribution < -0.4 is 0 Å². The lowest BCUT2D eigenvalue weighted by Gasteiger charge is -2.28. The molecule has 30 heavy (non-hydrogen) atoms. The number of benzene rings is 1. The van der Waals surface area contributed by atoms with Crippen molar-refractivity contribution in [3.63, 3.8) is 0 Å². The van der Waals surface area contributed by atoms with Crippen LogP contribution in [0.4, 0.5) is 0 Å². The summed E-state index contributed by atoms with van der Waals surface area (Å²) < 4.78 is 5.86. The number of aryl methyl sites for hydroxylation is 2. The molecule has 2 aromatic rings. The van der Waals surface area contributed by atoms with Gasteiger partial charge in [0.1, 0.15) is 5.75 Å². The van der Waals surface area contributed by atoms with E-state index in [2.05, 4.69) is 64.7 Å². The van der Waals surface area contributed by atoms with E-state index in [0.29, 0.717) is 5.75 Å². The molecule has 0 radical (unpaired) electrons. The van der Waals surface area contributed by atoms with Gasteiger partial charge in [-0.25, -0.2) is 0 Å². The minimum absolute atomic E-state index is 0.0770. The van der Waals surface area contributed by atoms with Crippen LogP contribution in [0.25, 0.3) is 0 Å². The van der Waals surface area contributed by atoms with Crippen molar-refractivity contribution in [1.82, 2.24) is 4.98 Å². The molecule has 2 rings (SSSR count). The standard InChI is InChI=1S/C27H41NO2/c1-26(2,3)23-18-22(19-24(25(23)29)27(4,5)6)14-11-17-30-16-9-7-8-12-21-13-10-15-28-20-21/h10,13,15,18-20,29H,7-9,11-12,14,16-17H2,1-6H3. The van der Waals surface area contributed by atoms with Gasteiger partial charge in [-0.3, -0.25) is 4.98 Å². The fourth-order valence-electron chi connectivity index (χ4n) is 3.72. The first-order valence-corrected chi connectivity index (χ1v) is 11.4. The summed E-state index contributed by atoms with van der Waals surface area (Å²) in [6.07, 6.45) is 10.4. The Bertz CT molecular complexity index is 735. The van der Waals surface area contributed by atoms with Gasteiger partial charge in [-0.1, -0.05) is 66.2 Å². The highest BCUT2D eigenvalue weighted by molar-refractivity contribution is 5.49. The molecule has 1 aromatic carbocycles. The molecular weight excluding hydrogens is 370 g/mol. The van der Waals surface area contributed by atoms with E-state index in [-0.39, 0.29) is 10.8 Å². The predicted octanol–water partition coefficient (Wildman–Crippen LogP) is 6.74. The predicted molar refractivity (Wildman–Crippen MR) is 126 cm³/mol. The number of aromatic hydroxyl groups is 1. The van der Waals surface area contributed by atoms with Crippen molar-refractivity contribution in [1.29, 1.82) is 0 Å². The lowest BCUT2D eigenvalue weighted by molar-refractivity contribution is 0.128. The van der Waals surface area contributed by atoms with Gasteiger partial charge >= 0.3 is 0 Å². The molecule has 0 saturated heterocycles. The smallest absolute Gasteiger partial charge is 0.123 e. The monoisotopic (exact) mass is 411 g/mol. The third kappa shape index (κ3) is 7.75. The second-order valence-corrected chi connectivity index (χ2v) is 10.4. The second-order valence-electron chi connectivity index (χ2n) is 10.4. The molecule has 0 aliphatic carbocycles. The first-order valence-electron chi connectivity index (χ1n) is 11.4. The molecule has 0 atom stereocenters. The van der Waals surface area contributed by atoms with Crippen LogP contribution in [0.1, 0.15) is 89.5 Å². The molecule has 0 aliphatic rings. The first-order chi connectivity index (χ1) is 14.1. The van der Waals surface area contributed by atoms with Crippen LogP contribution in [0.3, 0.4) is 0 Å². The Hall–Kier alpha value is -1.87. The fraction of sp³-hybridized carbons (Fsp3) is 0.593. The van der Waals surface area contributed by atoms with Crippen LogP contribution in [0.5, 0.6) is 5.75 Å². The average molecular weight is 412 g/mol. The number of ether oxygens (including phenoxy) is 1. The summed E-state index contributed by atoms with van der Waals surface area (Å²) in [6, 6.07) is 8.51. The Morgan fingerprint density at radius 2 is 1.40 bits per heavy atom. The molecule has 0 saturated carbocycles. The second kappa shape index (κ2) is 10.9. The summed E-state index contributed by atoms with van der Waals surface area (Å²) in [5.74, 6) is 0.460. The molecule has 1 N–H and O–H groups in total. The molecule has 0 spiro atoms. The van der Waals surface area contributed by atoms with E-state index in [4.69, 9.17) is 4.74 Å². The average Bonchev–Trinajstić information content (AvgIpc) is 2.66. The minimum atomic E-state index is -0.0770. The maximum Gasteiger partial charge on any atom is 0.123 e. The zero-order valence-electron chi connectivity index (χ0n) is 19.9. The van der Waals surface area contributed by atoms with Gasteiger partial charge in [0.15, 0.2) is 0 Å². The van der Waals surface area contributed by atoms with Gasteiger partial charge in [0.05, 0.1) is 0 Å². The molecular formula is C27H41NO2. The highest BCUT2D eigenvalue weighted by Gasteiger charge is 2.26. The Balaban J connectivity index is 1.75. The third-order valence-corrected chi connectivity index (χ3v) is 5.52. The van der Waals surface area contributed by atoms with Crippen LogP contribution in [-0.4, -0.2) is 23.3 Å². The number of hydrogen-bond acceptors (Lipinski definition) is 3. The minimum Gasteiger partial charge on any atom is -0.507 e. The molecule has 0 amide bonds. The van der Waals surface area contributed by atoms with E-state index in [9.17, 15) is 5.11 Å². The number of pyridine rings is 1. The summed E-state index contributed by atoms with van der Waals surface area (Å²) in [5.41, 5.74) is 4.54. The summed E-state index contributed by atoms with van der Waals surface area (Å²) in [5, 5.41) is 10.8. The molecule has 3 nitrogen and oxygen atoms in total. The molecule has 166 valence electrons. The van der Waals surface area contributed by atoms with Crippen LogP contribution in [0, 0.1) is 0 Å². The zero-order chi connectivity index (χ0) is 22.2. The number of rotatable bonds is 10. The summed E-state index contributed by atoms with van der Waals surface area (Å²) in [7, 11) is 0. The van der Waals surface area contributed by atoms with Crippen LogP contribution in [-0.2, 0) is 28.4 Å². The number of unbranched alkanes of at least 4 members (excludes halogenated alkanes) is 2. The number of nitrogens with zero attached hydrogens (tertiary/aromatic N) is 1. The van der Waals surface area contributed by atoms with Gasteiger partial charge in [0.2, 0.25) is 0 Å². The molecule has 0 unspecified atom stereocenters. The van der Waals surface area contributed by atoms with Crippen molar-refractivity contribution in [2.24, 2.45) is 0 Å². The van der Waals surface area contributed by atoms with Gasteiger partial charge in [-0.15, -0.1) is 0 Å². The van der Waals surface area contributed by atoms with Gasteiger partial charge in [-0.2, -0.15) is 0 Å². The molecule has 0 bridgehead atoms. The molecule has 0 fully saturated rings. The van der Waals surface area contributed by atoms with E-state index in [1.807, 2.05) is 18.5 Å². The van der Waals surface area contributed by atoms with Crippen LogP contribution in [0.15, 0.2) is 36.7 Å². The lowest BCUT2D eigenvalue weighted by atomic mass is 9.78. The topological polar surface area (TPSA) is 42.4 Å². The SMILES string of the molecule is CC(C)(C)c1cc(CCCOCCCCCc2cccnc2)cc(C(C)(C)C)c1O. The van der Waals surface area contributed by atoms with Gasteiger partial charge in [-0.05, 0) is 71.3 Å². The molecule has 1 heterocycles. The Labute approximate surface area is 183 Å². The Morgan fingerprint density at radius 3 is 1.97 bits per heavy atom. The lowest BCUT2D eigenvalue weighted by Crippen LogP contribution is -2.18. The highest BCUT2D eigenvalue weighted by Crippen LogP contribution is 2.39. The van der Waals surface area contributed by atoms with Gasteiger partial charge in [0, 0.05) is 25.6 Å². The molecule has 3 heteroatoms. The third-order valence-electron chi connectivity index (χ3n) is 5.52. The van der Waals surface area contributed by atoms with E-state index in [1.165, 1.54) is 24.0 Å². The van der Waals surface area contributed by atoms with Crippen molar-refractivity contribution in [2.45, 2.75) is 90.9 Å². The van der Waals surface area contributed by atoms with Gasteiger partial charge < -0.3 is 9.84 Å². The number of phenols is 1. The number of hydrogen-bond donors (Lipinski definition) is 1. The summed E-state index contributed by atoms with van der Waals surface area (Å²) in [4.78, 5) is 4.16. The van der Waals surface area contributed by atoms with Crippen molar-refractivity contribution in [3.8, 4) is 5.75 Å². The Kier molecular flexibility index (Phi) is 8.91. The maximum absolute atomic E-state index is 10.8. The zero-order valence-corrected chi connectivity index (χ0v) is 19.9.